The fourth-order valence-corrected chi connectivity index (χ4v) is 2.43. The molecule has 2 aromatic carbocycles. The Balaban J connectivity index is 1.53. The smallest absolute Gasteiger partial charge is 0.271 e. The molecule has 1 heterocycles. The van der Waals surface area contributed by atoms with Gasteiger partial charge in [-0.1, -0.05) is 42.0 Å². The van der Waals surface area contributed by atoms with E-state index in [1.165, 1.54) is 30.1 Å². The first kappa shape index (κ1) is 17.5. The first-order chi connectivity index (χ1) is 12.6. The lowest BCUT2D eigenvalue weighted by Crippen LogP contribution is -2.24. The molecular formula is C20H19FN4O. The highest BCUT2D eigenvalue weighted by molar-refractivity contribution is 5.91. The van der Waals surface area contributed by atoms with Crippen molar-refractivity contribution in [3.63, 3.8) is 0 Å². The van der Waals surface area contributed by atoms with E-state index in [9.17, 15) is 9.18 Å². The maximum absolute atomic E-state index is 12.9. The zero-order chi connectivity index (χ0) is 18.4. The Morgan fingerprint density at radius 1 is 1.00 bits per heavy atom. The van der Waals surface area contributed by atoms with Crippen LogP contribution in [0.4, 0.5) is 10.2 Å². The van der Waals surface area contributed by atoms with Crippen molar-refractivity contribution in [3.8, 4) is 0 Å². The summed E-state index contributed by atoms with van der Waals surface area (Å²) < 4.78 is 12.9. The molecule has 0 bridgehead atoms. The fraction of sp³-hybridized carbons (Fsp3) is 0.150. The van der Waals surface area contributed by atoms with Crippen LogP contribution in [0.2, 0.25) is 0 Å². The van der Waals surface area contributed by atoms with Crippen molar-refractivity contribution in [3.05, 3.63) is 89.1 Å². The summed E-state index contributed by atoms with van der Waals surface area (Å²) in [4.78, 5) is 20.5. The number of rotatable bonds is 6. The van der Waals surface area contributed by atoms with Crippen LogP contribution >= 0.6 is 0 Å². The van der Waals surface area contributed by atoms with Gasteiger partial charge in [0, 0.05) is 13.1 Å². The molecule has 132 valence electrons. The minimum Gasteiger partial charge on any atom is -0.365 e. The molecule has 2 N–H and O–H groups in total. The fourth-order valence-electron chi connectivity index (χ4n) is 2.43. The van der Waals surface area contributed by atoms with Gasteiger partial charge in [0.1, 0.15) is 17.3 Å². The topological polar surface area (TPSA) is 66.9 Å². The molecule has 1 aromatic heterocycles. The number of nitrogens with zero attached hydrogens (tertiary/aromatic N) is 2. The van der Waals surface area contributed by atoms with E-state index in [4.69, 9.17) is 0 Å². The van der Waals surface area contributed by atoms with Gasteiger partial charge in [0.05, 0.1) is 12.4 Å². The van der Waals surface area contributed by atoms with Crippen LogP contribution in [0.1, 0.15) is 27.2 Å². The number of hydrogen-bond donors (Lipinski definition) is 2. The van der Waals surface area contributed by atoms with Crippen molar-refractivity contribution in [1.82, 2.24) is 15.3 Å². The van der Waals surface area contributed by atoms with Gasteiger partial charge in [-0.3, -0.25) is 4.79 Å². The molecule has 3 aromatic rings. The zero-order valence-electron chi connectivity index (χ0n) is 14.4. The summed E-state index contributed by atoms with van der Waals surface area (Å²) in [6.45, 7) is 2.98. The van der Waals surface area contributed by atoms with Crippen molar-refractivity contribution < 1.29 is 9.18 Å². The monoisotopic (exact) mass is 350 g/mol. The van der Waals surface area contributed by atoms with Crippen LogP contribution in [0.25, 0.3) is 0 Å². The molecule has 3 rings (SSSR count). The number of amides is 1. The lowest BCUT2D eigenvalue weighted by atomic mass is 10.1. The number of aryl methyl sites for hydroxylation is 1. The van der Waals surface area contributed by atoms with Gasteiger partial charge >= 0.3 is 0 Å². The molecule has 1 amide bonds. The molecule has 0 saturated heterocycles. The maximum Gasteiger partial charge on any atom is 0.271 e. The molecule has 0 unspecified atom stereocenters. The molecule has 0 aliphatic rings. The number of hydrogen-bond acceptors (Lipinski definition) is 4. The molecule has 0 saturated carbocycles. The first-order valence-electron chi connectivity index (χ1n) is 8.24. The molecule has 0 spiro atoms. The SMILES string of the molecule is Cc1cccc(CNc2cnc(C(=O)NCc3ccc(F)cc3)cn2)c1. The second-order valence-corrected chi connectivity index (χ2v) is 5.94. The Labute approximate surface area is 151 Å². The van der Waals surface area contributed by atoms with E-state index < -0.39 is 0 Å². The number of nitrogens with one attached hydrogen (secondary N) is 2. The Morgan fingerprint density at radius 3 is 2.50 bits per heavy atom. The van der Waals surface area contributed by atoms with E-state index in [0.717, 1.165) is 11.1 Å². The standard InChI is InChI=1S/C20H19FN4O/c1-14-3-2-4-16(9-14)11-23-19-13-22-18(12-24-19)20(26)25-10-15-5-7-17(21)8-6-15/h2-9,12-13H,10-11H2,1H3,(H,23,24)(H,25,26). The van der Waals surface area contributed by atoms with Gasteiger partial charge in [0.25, 0.3) is 5.91 Å². The summed E-state index contributed by atoms with van der Waals surface area (Å²) in [6, 6.07) is 14.1. The van der Waals surface area contributed by atoms with E-state index in [-0.39, 0.29) is 17.4 Å². The highest BCUT2D eigenvalue weighted by atomic mass is 19.1. The third-order valence-electron chi connectivity index (χ3n) is 3.81. The Hall–Kier alpha value is -3.28. The number of benzene rings is 2. The van der Waals surface area contributed by atoms with Crippen molar-refractivity contribution >= 4 is 11.7 Å². The van der Waals surface area contributed by atoms with Crippen LogP contribution < -0.4 is 10.6 Å². The molecular weight excluding hydrogens is 331 g/mol. The van der Waals surface area contributed by atoms with Crippen LogP contribution in [-0.4, -0.2) is 15.9 Å². The molecule has 5 nitrogen and oxygen atoms in total. The molecule has 26 heavy (non-hydrogen) atoms. The Kier molecular flexibility index (Phi) is 5.53. The first-order valence-corrected chi connectivity index (χ1v) is 8.24. The number of aromatic nitrogens is 2. The van der Waals surface area contributed by atoms with Crippen LogP contribution in [0.5, 0.6) is 0 Å². The van der Waals surface area contributed by atoms with Crippen molar-refractivity contribution in [1.29, 1.82) is 0 Å². The second-order valence-electron chi connectivity index (χ2n) is 5.94. The summed E-state index contributed by atoms with van der Waals surface area (Å²) in [7, 11) is 0. The summed E-state index contributed by atoms with van der Waals surface area (Å²) in [5.74, 6) is -0.0339. The second kappa shape index (κ2) is 8.20. The molecule has 6 heteroatoms. The maximum atomic E-state index is 12.9. The van der Waals surface area contributed by atoms with E-state index in [1.807, 2.05) is 25.1 Å². The third-order valence-corrected chi connectivity index (χ3v) is 3.81. The van der Waals surface area contributed by atoms with E-state index >= 15 is 0 Å². The van der Waals surface area contributed by atoms with Crippen LogP contribution in [0, 0.1) is 12.7 Å². The minimum atomic E-state index is -0.327. The Morgan fingerprint density at radius 2 is 1.81 bits per heavy atom. The average molecular weight is 350 g/mol. The van der Waals surface area contributed by atoms with Gasteiger partial charge in [0.15, 0.2) is 0 Å². The van der Waals surface area contributed by atoms with E-state index in [2.05, 4.69) is 26.7 Å². The molecule has 0 atom stereocenters. The summed E-state index contributed by atoms with van der Waals surface area (Å²) in [5, 5.41) is 5.91. The van der Waals surface area contributed by atoms with Gasteiger partial charge in [0.2, 0.25) is 0 Å². The van der Waals surface area contributed by atoms with Crippen molar-refractivity contribution in [2.75, 3.05) is 5.32 Å². The number of anilines is 1. The highest BCUT2D eigenvalue weighted by Crippen LogP contribution is 2.08. The highest BCUT2D eigenvalue weighted by Gasteiger charge is 2.08. The average Bonchev–Trinajstić information content (AvgIpc) is 2.66. The lowest BCUT2D eigenvalue weighted by molar-refractivity contribution is 0.0945. The minimum absolute atomic E-state index is 0.230. The largest absolute Gasteiger partial charge is 0.365 e. The van der Waals surface area contributed by atoms with Gasteiger partial charge < -0.3 is 10.6 Å². The number of carbonyl (C=O) groups is 1. The number of halogens is 1. The van der Waals surface area contributed by atoms with Crippen molar-refractivity contribution in [2.24, 2.45) is 0 Å². The summed E-state index contributed by atoms with van der Waals surface area (Å²) >= 11 is 0. The zero-order valence-corrected chi connectivity index (χ0v) is 14.4. The van der Waals surface area contributed by atoms with Crippen LogP contribution in [0.15, 0.2) is 60.9 Å². The predicted octanol–water partition coefficient (Wildman–Crippen LogP) is 3.47. The number of carbonyl (C=O) groups excluding carboxylic acids is 1. The predicted molar refractivity (Wildman–Crippen MR) is 98.1 cm³/mol. The molecule has 0 radical (unpaired) electrons. The summed E-state index contributed by atoms with van der Waals surface area (Å²) in [6.07, 6.45) is 2.96. The van der Waals surface area contributed by atoms with Gasteiger partial charge in [-0.05, 0) is 30.2 Å². The van der Waals surface area contributed by atoms with Gasteiger partial charge in [-0.15, -0.1) is 0 Å². The van der Waals surface area contributed by atoms with Gasteiger partial charge in [-0.2, -0.15) is 0 Å². The summed E-state index contributed by atoms with van der Waals surface area (Å²) in [5.41, 5.74) is 3.38. The molecule has 0 aliphatic heterocycles. The van der Waals surface area contributed by atoms with E-state index in [0.29, 0.717) is 18.9 Å². The molecule has 0 aliphatic carbocycles. The Bertz CT molecular complexity index is 879. The molecule has 0 fully saturated rings. The third kappa shape index (κ3) is 4.86. The van der Waals surface area contributed by atoms with Crippen LogP contribution in [-0.2, 0) is 13.1 Å². The van der Waals surface area contributed by atoms with Crippen molar-refractivity contribution in [2.45, 2.75) is 20.0 Å². The lowest BCUT2D eigenvalue weighted by Gasteiger charge is -2.07. The van der Waals surface area contributed by atoms with Gasteiger partial charge in [-0.25, -0.2) is 14.4 Å². The quantitative estimate of drug-likeness (QED) is 0.714. The van der Waals surface area contributed by atoms with E-state index in [1.54, 1.807) is 12.1 Å². The normalized spacial score (nSPS) is 10.4. The van der Waals surface area contributed by atoms with Crippen LogP contribution in [0.3, 0.4) is 0 Å².